The third-order valence-corrected chi connectivity index (χ3v) is 3.12. The van der Waals surface area contributed by atoms with Gasteiger partial charge >= 0.3 is 0 Å². The van der Waals surface area contributed by atoms with Crippen molar-refractivity contribution in [2.24, 2.45) is 0 Å². The molecule has 1 aliphatic rings. The molecule has 0 bridgehead atoms. The monoisotopic (exact) mass is 187 g/mol. The molecule has 1 aliphatic carbocycles. The van der Waals surface area contributed by atoms with Crippen molar-refractivity contribution in [1.82, 2.24) is 5.32 Å². The van der Waals surface area contributed by atoms with Crippen LogP contribution >= 0.6 is 0 Å². The van der Waals surface area contributed by atoms with Gasteiger partial charge in [0.2, 0.25) is 0 Å². The smallest absolute Gasteiger partial charge is 0.134 e. The zero-order valence-electron chi connectivity index (χ0n) is 8.21. The summed E-state index contributed by atoms with van der Waals surface area (Å²) in [5, 5.41) is 4.55. The van der Waals surface area contributed by atoms with Crippen molar-refractivity contribution in [3.05, 3.63) is 35.6 Å². The van der Waals surface area contributed by atoms with Crippen LogP contribution in [0.2, 0.25) is 0 Å². The first kappa shape index (κ1) is 8.06. The van der Waals surface area contributed by atoms with E-state index >= 15 is 0 Å². The molecule has 0 saturated heterocycles. The summed E-state index contributed by atoms with van der Waals surface area (Å²) in [7, 11) is 2.03. The van der Waals surface area contributed by atoms with E-state index in [1.54, 1.807) is 6.26 Å². The zero-order valence-corrected chi connectivity index (χ0v) is 8.21. The van der Waals surface area contributed by atoms with Gasteiger partial charge in [0.05, 0.1) is 6.26 Å². The minimum atomic E-state index is 0.608. The van der Waals surface area contributed by atoms with Gasteiger partial charge < -0.3 is 9.73 Å². The lowest BCUT2D eigenvalue weighted by atomic mass is 10.1. The normalized spacial score (nSPS) is 20.2. The van der Waals surface area contributed by atoms with Crippen molar-refractivity contribution in [1.29, 1.82) is 0 Å². The fraction of sp³-hybridized carbons (Fsp3) is 0.333. The lowest BCUT2D eigenvalue weighted by Crippen LogP contribution is -2.24. The SMILES string of the molecule is CNC1Cc2cc3ccoc3cc2C1. The van der Waals surface area contributed by atoms with E-state index in [1.165, 1.54) is 16.5 Å². The third kappa shape index (κ3) is 1.07. The first-order valence-corrected chi connectivity index (χ1v) is 5.03. The van der Waals surface area contributed by atoms with E-state index in [-0.39, 0.29) is 0 Å². The minimum absolute atomic E-state index is 0.608. The molecule has 2 aromatic rings. The summed E-state index contributed by atoms with van der Waals surface area (Å²) in [6.07, 6.45) is 4.03. The first-order valence-electron chi connectivity index (χ1n) is 5.03. The second-order valence-electron chi connectivity index (χ2n) is 3.97. The van der Waals surface area contributed by atoms with E-state index in [9.17, 15) is 0 Å². The average Bonchev–Trinajstić information content (AvgIpc) is 2.77. The highest BCUT2D eigenvalue weighted by atomic mass is 16.3. The third-order valence-electron chi connectivity index (χ3n) is 3.12. The largest absolute Gasteiger partial charge is 0.464 e. The van der Waals surface area contributed by atoms with Gasteiger partial charge in [-0.05, 0) is 49.2 Å². The quantitative estimate of drug-likeness (QED) is 0.739. The van der Waals surface area contributed by atoms with E-state index in [1.807, 2.05) is 13.1 Å². The van der Waals surface area contributed by atoms with Crippen LogP contribution in [0.25, 0.3) is 11.0 Å². The fourth-order valence-electron chi connectivity index (χ4n) is 2.29. The van der Waals surface area contributed by atoms with E-state index in [4.69, 9.17) is 4.42 Å². The molecule has 1 aromatic carbocycles. The fourth-order valence-corrected chi connectivity index (χ4v) is 2.29. The molecule has 14 heavy (non-hydrogen) atoms. The lowest BCUT2D eigenvalue weighted by molar-refractivity contribution is 0.593. The van der Waals surface area contributed by atoms with Crippen LogP contribution in [0.5, 0.6) is 0 Å². The van der Waals surface area contributed by atoms with Crippen molar-refractivity contribution < 1.29 is 4.42 Å². The molecule has 0 saturated carbocycles. The molecule has 0 spiro atoms. The molecule has 0 radical (unpaired) electrons. The topological polar surface area (TPSA) is 25.2 Å². The summed E-state index contributed by atoms with van der Waals surface area (Å²) >= 11 is 0. The summed E-state index contributed by atoms with van der Waals surface area (Å²) in [5.41, 5.74) is 3.92. The van der Waals surface area contributed by atoms with Crippen LogP contribution in [0.15, 0.2) is 28.9 Å². The summed E-state index contributed by atoms with van der Waals surface area (Å²) < 4.78 is 5.39. The molecule has 2 nitrogen and oxygen atoms in total. The highest BCUT2D eigenvalue weighted by Gasteiger charge is 2.20. The van der Waals surface area contributed by atoms with Gasteiger partial charge in [-0.1, -0.05) is 0 Å². The molecular formula is C12H13NO. The number of likely N-dealkylation sites (N-methyl/N-ethyl adjacent to an activating group) is 1. The van der Waals surface area contributed by atoms with Crippen LogP contribution < -0.4 is 5.32 Å². The predicted octanol–water partition coefficient (Wildman–Crippen LogP) is 2.12. The molecule has 0 aliphatic heterocycles. The predicted molar refractivity (Wildman–Crippen MR) is 56.5 cm³/mol. The zero-order chi connectivity index (χ0) is 9.54. The van der Waals surface area contributed by atoms with Crippen molar-refractivity contribution in [2.45, 2.75) is 18.9 Å². The van der Waals surface area contributed by atoms with Gasteiger partial charge in [-0.2, -0.15) is 0 Å². The Hall–Kier alpha value is -1.28. The number of hydrogen-bond donors (Lipinski definition) is 1. The Kier molecular flexibility index (Phi) is 1.64. The Morgan fingerprint density at radius 1 is 1.29 bits per heavy atom. The molecule has 0 fully saturated rings. The van der Waals surface area contributed by atoms with E-state index in [0.29, 0.717) is 6.04 Å². The molecule has 1 heterocycles. The molecule has 1 aromatic heterocycles. The number of hydrogen-bond acceptors (Lipinski definition) is 2. The maximum Gasteiger partial charge on any atom is 0.134 e. The van der Waals surface area contributed by atoms with Gasteiger partial charge in [-0.25, -0.2) is 0 Å². The Labute approximate surface area is 82.9 Å². The van der Waals surface area contributed by atoms with Gasteiger partial charge in [-0.15, -0.1) is 0 Å². The van der Waals surface area contributed by atoms with E-state index in [0.717, 1.165) is 18.4 Å². The molecular weight excluding hydrogens is 174 g/mol. The summed E-state index contributed by atoms with van der Waals surface area (Å²) in [4.78, 5) is 0. The molecule has 1 N–H and O–H groups in total. The van der Waals surface area contributed by atoms with Gasteiger partial charge in [0, 0.05) is 11.4 Å². The van der Waals surface area contributed by atoms with Crippen molar-refractivity contribution in [3.63, 3.8) is 0 Å². The number of rotatable bonds is 1. The van der Waals surface area contributed by atoms with Crippen LogP contribution in [0.3, 0.4) is 0 Å². The van der Waals surface area contributed by atoms with Gasteiger partial charge in [0.25, 0.3) is 0 Å². The van der Waals surface area contributed by atoms with Crippen LogP contribution in [0, 0.1) is 0 Å². The highest BCUT2D eigenvalue weighted by molar-refractivity contribution is 5.79. The highest BCUT2D eigenvalue weighted by Crippen LogP contribution is 2.27. The number of benzene rings is 1. The Bertz CT molecular complexity index is 432. The minimum Gasteiger partial charge on any atom is -0.464 e. The van der Waals surface area contributed by atoms with Gasteiger partial charge in [0.15, 0.2) is 0 Å². The van der Waals surface area contributed by atoms with Crippen LogP contribution in [-0.2, 0) is 12.8 Å². The van der Waals surface area contributed by atoms with Crippen LogP contribution in [-0.4, -0.2) is 13.1 Å². The van der Waals surface area contributed by atoms with Crippen LogP contribution in [0.4, 0.5) is 0 Å². The van der Waals surface area contributed by atoms with Gasteiger partial charge in [0.1, 0.15) is 5.58 Å². The van der Waals surface area contributed by atoms with E-state index in [2.05, 4.69) is 17.4 Å². The molecule has 3 rings (SSSR count). The first-order chi connectivity index (χ1) is 6.86. The molecule has 2 heteroatoms. The second kappa shape index (κ2) is 2.85. The summed E-state index contributed by atoms with van der Waals surface area (Å²) in [6.45, 7) is 0. The van der Waals surface area contributed by atoms with Crippen molar-refractivity contribution in [3.8, 4) is 0 Å². The van der Waals surface area contributed by atoms with Crippen LogP contribution in [0.1, 0.15) is 11.1 Å². The van der Waals surface area contributed by atoms with E-state index < -0.39 is 0 Å². The lowest BCUT2D eigenvalue weighted by Gasteiger charge is -2.04. The van der Waals surface area contributed by atoms with Crippen molar-refractivity contribution in [2.75, 3.05) is 7.05 Å². The molecule has 1 unspecified atom stereocenters. The number of nitrogens with one attached hydrogen (secondary N) is 1. The maximum atomic E-state index is 5.39. The standard InChI is InChI=1S/C12H13NO/c1-13-11-5-9-4-8-2-3-14-12(8)7-10(9)6-11/h2-4,7,11,13H,5-6H2,1H3. The molecule has 72 valence electrons. The Morgan fingerprint density at radius 2 is 2.07 bits per heavy atom. The van der Waals surface area contributed by atoms with Gasteiger partial charge in [-0.3, -0.25) is 0 Å². The Balaban J connectivity index is 2.13. The van der Waals surface area contributed by atoms with Crippen molar-refractivity contribution >= 4 is 11.0 Å². The molecule has 0 amide bonds. The number of furan rings is 1. The molecule has 1 atom stereocenters. The summed E-state index contributed by atoms with van der Waals surface area (Å²) in [6, 6.07) is 7.08. The average molecular weight is 187 g/mol. The Morgan fingerprint density at radius 3 is 2.86 bits per heavy atom. The summed E-state index contributed by atoms with van der Waals surface area (Å²) in [5.74, 6) is 0. The maximum absolute atomic E-state index is 5.39. The number of fused-ring (bicyclic) bond motifs is 2. The second-order valence-corrected chi connectivity index (χ2v) is 3.97.